The van der Waals surface area contributed by atoms with E-state index in [4.69, 9.17) is 0 Å². The number of imidazole rings is 1. The number of hydrogen-bond donors (Lipinski definition) is 0. The SMILES string of the molecule is CN(Cc1nccn1Cc1ccccc1)C(=O)c1ccc(CN2CCCCC2)cc1. The van der Waals surface area contributed by atoms with Gasteiger partial charge in [-0.05, 0) is 49.2 Å². The maximum atomic E-state index is 12.9. The van der Waals surface area contributed by atoms with Crippen molar-refractivity contribution in [1.82, 2.24) is 19.4 Å². The average molecular weight is 403 g/mol. The molecule has 3 aromatic rings. The molecule has 0 N–H and O–H groups in total. The molecule has 1 saturated heterocycles. The van der Waals surface area contributed by atoms with Crippen LogP contribution in [0.3, 0.4) is 0 Å². The van der Waals surface area contributed by atoms with Crippen molar-refractivity contribution in [2.75, 3.05) is 20.1 Å². The van der Waals surface area contributed by atoms with Crippen LogP contribution < -0.4 is 0 Å². The first-order chi connectivity index (χ1) is 14.7. The molecule has 4 rings (SSSR count). The van der Waals surface area contributed by atoms with E-state index in [0.717, 1.165) is 24.5 Å². The van der Waals surface area contributed by atoms with Crippen molar-refractivity contribution >= 4 is 5.91 Å². The van der Waals surface area contributed by atoms with Crippen molar-refractivity contribution in [2.24, 2.45) is 0 Å². The summed E-state index contributed by atoms with van der Waals surface area (Å²) in [7, 11) is 1.84. The molecule has 1 aliphatic heterocycles. The van der Waals surface area contributed by atoms with Crippen molar-refractivity contribution in [1.29, 1.82) is 0 Å². The highest BCUT2D eigenvalue weighted by Gasteiger charge is 2.16. The maximum absolute atomic E-state index is 12.9. The van der Waals surface area contributed by atoms with E-state index in [9.17, 15) is 4.79 Å². The second kappa shape index (κ2) is 9.72. The monoisotopic (exact) mass is 402 g/mol. The second-order valence-electron chi connectivity index (χ2n) is 8.15. The predicted octanol–water partition coefficient (Wildman–Crippen LogP) is 4.19. The minimum absolute atomic E-state index is 0.0220. The number of aromatic nitrogens is 2. The zero-order valence-corrected chi connectivity index (χ0v) is 17.7. The topological polar surface area (TPSA) is 41.4 Å². The molecule has 2 heterocycles. The van der Waals surface area contributed by atoms with Gasteiger partial charge in [-0.3, -0.25) is 9.69 Å². The standard InChI is InChI=1S/C25H30N4O/c1-27(20-24-26-14-17-29(24)19-21-8-4-2-5-9-21)25(30)23-12-10-22(11-13-23)18-28-15-6-3-7-16-28/h2,4-5,8-14,17H,3,6-7,15-16,18-20H2,1H3. The molecule has 0 atom stereocenters. The Kier molecular flexibility index (Phi) is 6.60. The Morgan fingerprint density at radius 1 is 0.933 bits per heavy atom. The van der Waals surface area contributed by atoms with Crippen LogP contribution in [0, 0.1) is 0 Å². The molecule has 5 nitrogen and oxygen atoms in total. The number of hydrogen-bond acceptors (Lipinski definition) is 3. The van der Waals surface area contributed by atoms with Crippen LogP contribution in [0.15, 0.2) is 67.0 Å². The molecule has 5 heteroatoms. The van der Waals surface area contributed by atoms with Gasteiger partial charge in [0.15, 0.2) is 0 Å². The fourth-order valence-corrected chi connectivity index (χ4v) is 4.05. The molecule has 1 aliphatic rings. The van der Waals surface area contributed by atoms with Crippen LogP contribution in [0.1, 0.15) is 46.6 Å². The van der Waals surface area contributed by atoms with Crippen molar-refractivity contribution in [2.45, 2.75) is 38.9 Å². The Morgan fingerprint density at radius 3 is 2.37 bits per heavy atom. The Morgan fingerprint density at radius 2 is 1.63 bits per heavy atom. The molecule has 1 aromatic heterocycles. The minimum Gasteiger partial charge on any atom is -0.334 e. The van der Waals surface area contributed by atoms with Gasteiger partial charge < -0.3 is 9.47 Å². The number of piperidine rings is 1. The first kappa shape index (κ1) is 20.4. The maximum Gasteiger partial charge on any atom is 0.254 e. The molecule has 0 aliphatic carbocycles. The first-order valence-corrected chi connectivity index (χ1v) is 10.8. The third-order valence-corrected chi connectivity index (χ3v) is 5.78. The smallest absolute Gasteiger partial charge is 0.254 e. The van der Waals surface area contributed by atoms with Crippen molar-refractivity contribution < 1.29 is 4.79 Å². The van der Waals surface area contributed by atoms with E-state index in [2.05, 4.69) is 38.7 Å². The highest BCUT2D eigenvalue weighted by molar-refractivity contribution is 5.94. The van der Waals surface area contributed by atoms with Gasteiger partial charge in [-0.2, -0.15) is 0 Å². The summed E-state index contributed by atoms with van der Waals surface area (Å²) >= 11 is 0. The fraction of sp³-hybridized carbons (Fsp3) is 0.360. The third kappa shape index (κ3) is 5.16. The summed E-state index contributed by atoms with van der Waals surface area (Å²) in [5.41, 5.74) is 3.21. The summed E-state index contributed by atoms with van der Waals surface area (Å²) in [6.07, 6.45) is 7.70. The van der Waals surface area contributed by atoms with Crippen LogP contribution in [0.4, 0.5) is 0 Å². The number of carbonyl (C=O) groups is 1. The number of rotatable bonds is 7. The van der Waals surface area contributed by atoms with E-state index in [1.54, 1.807) is 11.1 Å². The third-order valence-electron chi connectivity index (χ3n) is 5.78. The van der Waals surface area contributed by atoms with Crippen molar-refractivity contribution in [3.63, 3.8) is 0 Å². The summed E-state index contributed by atoms with van der Waals surface area (Å²) in [5, 5.41) is 0. The van der Waals surface area contributed by atoms with Crippen LogP contribution in [0.2, 0.25) is 0 Å². The van der Waals surface area contributed by atoms with Crippen LogP contribution in [-0.2, 0) is 19.6 Å². The number of carbonyl (C=O) groups excluding carboxylic acids is 1. The van der Waals surface area contributed by atoms with Crippen molar-refractivity contribution in [3.05, 3.63) is 89.5 Å². The molecule has 0 unspecified atom stereocenters. The van der Waals surface area contributed by atoms with Gasteiger partial charge in [-0.15, -0.1) is 0 Å². The van der Waals surface area contributed by atoms with E-state index in [0.29, 0.717) is 6.54 Å². The van der Waals surface area contributed by atoms with Gasteiger partial charge in [0, 0.05) is 38.1 Å². The molecular weight excluding hydrogens is 372 g/mol. The molecule has 1 amide bonds. The number of amides is 1. The Bertz CT molecular complexity index is 943. The number of likely N-dealkylation sites (tertiary alicyclic amines) is 1. The highest BCUT2D eigenvalue weighted by Crippen LogP contribution is 2.15. The lowest BCUT2D eigenvalue weighted by atomic mass is 10.1. The molecule has 0 radical (unpaired) electrons. The summed E-state index contributed by atoms with van der Waals surface area (Å²) < 4.78 is 2.10. The van der Waals surface area contributed by atoms with Crippen molar-refractivity contribution in [3.8, 4) is 0 Å². The lowest BCUT2D eigenvalue weighted by Gasteiger charge is -2.26. The molecule has 2 aromatic carbocycles. The summed E-state index contributed by atoms with van der Waals surface area (Å²) in [4.78, 5) is 21.6. The van der Waals surface area contributed by atoms with Gasteiger partial charge in [0.05, 0.1) is 6.54 Å². The Labute approximate surface area is 179 Å². The summed E-state index contributed by atoms with van der Waals surface area (Å²) in [6.45, 7) is 4.57. The molecule has 156 valence electrons. The predicted molar refractivity (Wildman–Crippen MR) is 119 cm³/mol. The van der Waals surface area contributed by atoms with E-state index >= 15 is 0 Å². The quantitative estimate of drug-likeness (QED) is 0.595. The lowest BCUT2D eigenvalue weighted by Crippen LogP contribution is -2.29. The van der Waals surface area contributed by atoms with Gasteiger partial charge in [0.2, 0.25) is 0 Å². The number of nitrogens with zero attached hydrogens (tertiary/aromatic N) is 4. The highest BCUT2D eigenvalue weighted by atomic mass is 16.2. The first-order valence-electron chi connectivity index (χ1n) is 10.8. The van der Waals surface area contributed by atoms with Gasteiger partial charge in [0.1, 0.15) is 5.82 Å². The molecular formula is C25H30N4O. The normalized spacial score (nSPS) is 14.6. The summed E-state index contributed by atoms with van der Waals surface area (Å²) in [5.74, 6) is 0.908. The van der Waals surface area contributed by atoms with Gasteiger partial charge in [-0.1, -0.05) is 48.9 Å². The fourth-order valence-electron chi connectivity index (χ4n) is 4.05. The molecule has 0 spiro atoms. The van der Waals surface area contributed by atoms with Gasteiger partial charge >= 0.3 is 0 Å². The molecule has 0 bridgehead atoms. The van der Waals surface area contributed by atoms with E-state index < -0.39 is 0 Å². The van der Waals surface area contributed by atoms with Gasteiger partial charge in [-0.25, -0.2) is 4.98 Å². The molecule has 30 heavy (non-hydrogen) atoms. The molecule has 0 saturated carbocycles. The largest absolute Gasteiger partial charge is 0.334 e. The Hall–Kier alpha value is -2.92. The van der Waals surface area contributed by atoms with E-state index in [-0.39, 0.29) is 5.91 Å². The van der Waals surface area contributed by atoms with Crippen LogP contribution in [0.25, 0.3) is 0 Å². The zero-order valence-electron chi connectivity index (χ0n) is 17.7. The van der Waals surface area contributed by atoms with E-state index in [1.165, 1.54) is 43.5 Å². The zero-order chi connectivity index (χ0) is 20.8. The Balaban J connectivity index is 1.36. The van der Waals surface area contributed by atoms with Crippen LogP contribution >= 0.6 is 0 Å². The average Bonchev–Trinajstić information content (AvgIpc) is 3.21. The lowest BCUT2D eigenvalue weighted by molar-refractivity contribution is 0.0780. The van der Waals surface area contributed by atoms with Gasteiger partial charge in [0.25, 0.3) is 5.91 Å². The van der Waals surface area contributed by atoms with E-state index in [1.807, 2.05) is 43.6 Å². The van der Waals surface area contributed by atoms with Crippen LogP contribution in [-0.4, -0.2) is 45.4 Å². The molecule has 1 fully saturated rings. The number of benzene rings is 2. The summed E-state index contributed by atoms with van der Waals surface area (Å²) in [6, 6.07) is 18.4. The second-order valence-corrected chi connectivity index (χ2v) is 8.15. The van der Waals surface area contributed by atoms with Crippen LogP contribution in [0.5, 0.6) is 0 Å². The minimum atomic E-state index is 0.0220.